The van der Waals surface area contributed by atoms with E-state index in [1.165, 1.54) is 18.3 Å². The number of amides is 1. The molecule has 0 bridgehead atoms. The van der Waals surface area contributed by atoms with Crippen LogP contribution in [0.1, 0.15) is 27.3 Å². The van der Waals surface area contributed by atoms with Crippen LogP contribution in [0, 0.1) is 5.92 Å². The highest BCUT2D eigenvalue weighted by Gasteiger charge is 2.29. The van der Waals surface area contributed by atoms with Gasteiger partial charge < -0.3 is 14.7 Å². The van der Waals surface area contributed by atoms with Crippen molar-refractivity contribution >= 4 is 11.9 Å². The van der Waals surface area contributed by atoms with E-state index in [-0.39, 0.29) is 17.2 Å². The molecule has 1 aromatic rings. The second-order valence-corrected chi connectivity index (χ2v) is 4.57. The molecule has 2 heterocycles. The molecule has 1 aromatic heterocycles. The normalized spacial score (nSPS) is 18.6. The molecule has 1 aliphatic rings. The van der Waals surface area contributed by atoms with Crippen LogP contribution >= 0.6 is 0 Å². The van der Waals surface area contributed by atoms with E-state index < -0.39 is 5.97 Å². The molecule has 0 aromatic carbocycles. The lowest BCUT2D eigenvalue weighted by Gasteiger charge is -2.16. The Morgan fingerprint density at radius 1 is 1.58 bits per heavy atom. The summed E-state index contributed by atoms with van der Waals surface area (Å²) >= 11 is 0. The summed E-state index contributed by atoms with van der Waals surface area (Å²) in [4.78, 5) is 28.9. The second-order valence-electron chi connectivity index (χ2n) is 4.57. The minimum absolute atomic E-state index is 0.00747. The number of rotatable bonds is 4. The molecule has 0 spiro atoms. The number of pyridine rings is 1. The molecule has 6 heteroatoms. The van der Waals surface area contributed by atoms with Gasteiger partial charge in [-0.05, 0) is 18.6 Å². The lowest BCUT2D eigenvalue weighted by molar-refractivity contribution is 0.0676. The molecule has 1 fully saturated rings. The van der Waals surface area contributed by atoms with Gasteiger partial charge >= 0.3 is 5.97 Å². The van der Waals surface area contributed by atoms with Gasteiger partial charge in [0.05, 0.1) is 12.2 Å². The maximum atomic E-state index is 12.3. The Kier molecular flexibility index (Phi) is 4.11. The molecule has 6 nitrogen and oxygen atoms in total. The summed E-state index contributed by atoms with van der Waals surface area (Å²) in [6.45, 7) is 1.81. The largest absolute Gasteiger partial charge is 0.478 e. The molecule has 1 amide bonds. The number of carboxylic acid groups (broad SMARTS) is 1. The number of hydrogen-bond donors (Lipinski definition) is 1. The molecule has 1 atom stereocenters. The van der Waals surface area contributed by atoms with E-state index in [1.807, 2.05) is 0 Å². The predicted molar refractivity (Wildman–Crippen MR) is 67.1 cm³/mol. The maximum absolute atomic E-state index is 12.3. The maximum Gasteiger partial charge on any atom is 0.338 e. The number of carbonyl (C=O) groups is 2. The van der Waals surface area contributed by atoms with Crippen LogP contribution in [0.25, 0.3) is 0 Å². The first-order valence-electron chi connectivity index (χ1n) is 6.10. The van der Waals surface area contributed by atoms with E-state index in [2.05, 4.69) is 4.98 Å². The molecule has 19 heavy (non-hydrogen) atoms. The predicted octanol–water partition coefficient (Wildman–Crippen LogP) is 0.888. The summed E-state index contributed by atoms with van der Waals surface area (Å²) < 4.78 is 5.07. The Bertz CT molecular complexity index is 489. The van der Waals surface area contributed by atoms with Gasteiger partial charge in [-0.2, -0.15) is 0 Å². The molecular formula is C13H16N2O4. The highest BCUT2D eigenvalue weighted by Crippen LogP contribution is 2.19. The van der Waals surface area contributed by atoms with Gasteiger partial charge in [-0.25, -0.2) is 4.79 Å². The zero-order chi connectivity index (χ0) is 13.8. The number of hydrogen-bond acceptors (Lipinski definition) is 4. The van der Waals surface area contributed by atoms with Gasteiger partial charge in [0.1, 0.15) is 5.69 Å². The fraction of sp³-hybridized carbons (Fsp3) is 0.462. The van der Waals surface area contributed by atoms with Crippen LogP contribution in [0.2, 0.25) is 0 Å². The smallest absolute Gasteiger partial charge is 0.338 e. The first kappa shape index (κ1) is 13.5. The molecule has 1 unspecified atom stereocenters. The average molecular weight is 264 g/mol. The van der Waals surface area contributed by atoms with Gasteiger partial charge in [0.15, 0.2) is 0 Å². The lowest BCUT2D eigenvalue weighted by atomic mass is 10.1. The molecule has 1 saturated heterocycles. The molecular weight excluding hydrogens is 248 g/mol. The second kappa shape index (κ2) is 5.79. The Morgan fingerprint density at radius 2 is 2.37 bits per heavy atom. The molecule has 2 rings (SSSR count). The van der Waals surface area contributed by atoms with Crippen LogP contribution < -0.4 is 0 Å². The monoisotopic (exact) mass is 264 g/mol. The van der Waals surface area contributed by atoms with Crippen molar-refractivity contribution in [3.63, 3.8) is 0 Å². The number of aromatic nitrogens is 1. The van der Waals surface area contributed by atoms with Crippen LogP contribution in [0.5, 0.6) is 0 Å². The standard InChI is InChI=1S/C13H16N2O4/c1-19-8-9-4-6-15(7-9)12(16)11-10(13(17)18)3-2-5-14-11/h2-3,5,9H,4,6-8H2,1H3,(H,17,18). The third kappa shape index (κ3) is 2.90. The van der Waals surface area contributed by atoms with Gasteiger partial charge in [0.25, 0.3) is 5.91 Å². The van der Waals surface area contributed by atoms with Crippen LogP contribution in [-0.4, -0.2) is 53.7 Å². The summed E-state index contributed by atoms with van der Waals surface area (Å²) in [5.74, 6) is -1.15. The molecule has 102 valence electrons. The summed E-state index contributed by atoms with van der Waals surface area (Å²) in [5.41, 5.74) is -0.0456. The summed E-state index contributed by atoms with van der Waals surface area (Å²) in [7, 11) is 1.63. The van der Waals surface area contributed by atoms with E-state index in [0.717, 1.165) is 6.42 Å². The van der Waals surface area contributed by atoms with Crippen LogP contribution in [0.3, 0.4) is 0 Å². The Morgan fingerprint density at radius 3 is 3.05 bits per heavy atom. The van der Waals surface area contributed by atoms with E-state index in [9.17, 15) is 9.59 Å². The summed E-state index contributed by atoms with van der Waals surface area (Å²) in [5, 5.41) is 9.06. The number of ether oxygens (including phenoxy) is 1. The third-order valence-electron chi connectivity index (χ3n) is 3.22. The van der Waals surface area contributed by atoms with Crippen molar-refractivity contribution in [1.82, 2.24) is 9.88 Å². The van der Waals surface area contributed by atoms with Gasteiger partial charge in [0, 0.05) is 32.3 Å². The Hall–Kier alpha value is -1.95. The number of carbonyl (C=O) groups excluding carboxylic acids is 1. The SMILES string of the molecule is COCC1CCN(C(=O)c2ncccc2C(=O)O)C1. The zero-order valence-corrected chi connectivity index (χ0v) is 10.7. The van der Waals surface area contributed by atoms with Crippen molar-refractivity contribution in [2.75, 3.05) is 26.8 Å². The summed E-state index contributed by atoms with van der Waals surface area (Å²) in [6.07, 6.45) is 2.30. The minimum atomic E-state index is -1.14. The van der Waals surface area contributed by atoms with Gasteiger partial charge in [-0.3, -0.25) is 9.78 Å². The van der Waals surface area contributed by atoms with Gasteiger partial charge in [-0.1, -0.05) is 0 Å². The van der Waals surface area contributed by atoms with Crippen LogP contribution in [0.15, 0.2) is 18.3 Å². The van der Waals surface area contributed by atoms with E-state index >= 15 is 0 Å². The van der Waals surface area contributed by atoms with Crippen molar-refractivity contribution in [1.29, 1.82) is 0 Å². The number of methoxy groups -OCH3 is 1. The first-order chi connectivity index (χ1) is 9.13. The van der Waals surface area contributed by atoms with E-state index in [0.29, 0.717) is 25.6 Å². The van der Waals surface area contributed by atoms with Crippen molar-refractivity contribution in [2.24, 2.45) is 5.92 Å². The fourth-order valence-corrected chi connectivity index (χ4v) is 2.29. The Labute approximate surface area is 111 Å². The number of nitrogens with zero attached hydrogens (tertiary/aromatic N) is 2. The van der Waals surface area contributed by atoms with Crippen molar-refractivity contribution in [3.8, 4) is 0 Å². The number of carboxylic acids is 1. The van der Waals surface area contributed by atoms with Crippen molar-refractivity contribution in [3.05, 3.63) is 29.6 Å². The Balaban J connectivity index is 2.15. The number of aromatic carboxylic acids is 1. The van der Waals surface area contributed by atoms with Gasteiger partial charge in [0.2, 0.25) is 0 Å². The summed E-state index contributed by atoms with van der Waals surface area (Å²) in [6, 6.07) is 2.91. The third-order valence-corrected chi connectivity index (χ3v) is 3.22. The minimum Gasteiger partial charge on any atom is -0.478 e. The topological polar surface area (TPSA) is 79.7 Å². The van der Waals surface area contributed by atoms with Crippen LogP contribution in [-0.2, 0) is 4.74 Å². The van der Waals surface area contributed by atoms with E-state index in [1.54, 1.807) is 12.0 Å². The fourth-order valence-electron chi connectivity index (χ4n) is 2.29. The highest BCUT2D eigenvalue weighted by molar-refractivity contribution is 6.03. The molecule has 0 radical (unpaired) electrons. The molecule has 0 aliphatic carbocycles. The van der Waals surface area contributed by atoms with Crippen LogP contribution in [0.4, 0.5) is 0 Å². The van der Waals surface area contributed by atoms with Crippen molar-refractivity contribution < 1.29 is 19.4 Å². The highest BCUT2D eigenvalue weighted by atomic mass is 16.5. The molecule has 0 saturated carbocycles. The first-order valence-corrected chi connectivity index (χ1v) is 6.10. The number of likely N-dealkylation sites (tertiary alicyclic amines) is 1. The zero-order valence-electron chi connectivity index (χ0n) is 10.7. The molecule has 1 N–H and O–H groups in total. The van der Waals surface area contributed by atoms with E-state index in [4.69, 9.17) is 9.84 Å². The molecule has 1 aliphatic heterocycles. The van der Waals surface area contributed by atoms with Crippen molar-refractivity contribution in [2.45, 2.75) is 6.42 Å². The average Bonchev–Trinajstić information content (AvgIpc) is 2.87. The van der Waals surface area contributed by atoms with Gasteiger partial charge in [-0.15, -0.1) is 0 Å². The quantitative estimate of drug-likeness (QED) is 0.873. The lowest BCUT2D eigenvalue weighted by Crippen LogP contribution is -2.31.